The number of fused-ring (bicyclic) bond motifs is 1. The summed E-state index contributed by atoms with van der Waals surface area (Å²) in [5, 5.41) is 3.08. The van der Waals surface area contributed by atoms with Gasteiger partial charge in [-0.15, -0.1) is 0 Å². The highest BCUT2D eigenvalue weighted by molar-refractivity contribution is 5.98. The minimum absolute atomic E-state index is 0.0974. The molecule has 0 radical (unpaired) electrons. The minimum Gasteiger partial charge on any atom is -0.384 e. The van der Waals surface area contributed by atoms with Gasteiger partial charge in [-0.05, 0) is 75.2 Å². The van der Waals surface area contributed by atoms with Crippen LogP contribution in [0.4, 0.5) is 5.82 Å². The average molecular weight is 570 g/mol. The first-order valence-corrected chi connectivity index (χ1v) is 15.0. The van der Waals surface area contributed by atoms with E-state index in [2.05, 4.69) is 62.5 Å². The number of aryl methyl sites for hydroxylation is 2. The number of carbonyl (C=O) groups excluding carboxylic acids is 1. The van der Waals surface area contributed by atoms with Crippen LogP contribution in [0, 0.1) is 13.8 Å². The van der Waals surface area contributed by atoms with Crippen LogP contribution in [0.5, 0.6) is 0 Å². The molecule has 1 aliphatic rings. The minimum atomic E-state index is -0.191. The van der Waals surface area contributed by atoms with Gasteiger partial charge in [0.05, 0.1) is 5.52 Å². The molecule has 1 amide bonds. The molecule has 0 spiro atoms. The van der Waals surface area contributed by atoms with E-state index in [1.54, 1.807) is 12.3 Å². The van der Waals surface area contributed by atoms with Crippen molar-refractivity contribution in [2.24, 2.45) is 0 Å². The Hall–Kier alpha value is -3.95. The number of anilines is 1. The lowest BCUT2D eigenvalue weighted by Gasteiger charge is -2.38. The van der Waals surface area contributed by atoms with E-state index in [9.17, 15) is 9.59 Å². The van der Waals surface area contributed by atoms with Crippen LogP contribution < -0.4 is 16.6 Å². The Morgan fingerprint density at radius 3 is 2.55 bits per heavy atom. The zero-order valence-electron chi connectivity index (χ0n) is 25.5. The number of nitrogens with zero attached hydrogens (tertiary/aromatic N) is 4. The van der Waals surface area contributed by atoms with Crippen molar-refractivity contribution in [1.29, 1.82) is 0 Å². The Morgan fingerprint density at radius 1 is 1.12 bits per heavy atom. The lowest BCUT2D eigenvalue weighted by molar-refractivity contribution is 0.0947. The molecule has 4 aromatic rings. The Bertz CT molecular complexity index is 1630. The molecular weight excluding hydrogens is 526 g/mol. The highest BCUT2D eigenvalue weighted by atomic mass is 16.1. The van der Waals surface area contributed by atoms with Crippen molar-refractivity contribution < 1.29 is 4.79 Å². The number of hydrogen-bond donors (Lipinski definition) is 3. The van der Waals surface area contributed by atoms with Crippen molar-refractivity contribution in [3.63, 3.8) is 0 Å². The first-order valence-electron chi connectivity index (χ1n) is 15.0. The molecule has 0 saturated carbocycles. The van der Waals surface area contributed by atoms with Gasteiger partial charge in [0, 0.05) is 84.8 Å². The Morgan fingerprint density at radius 2 is 1.88 bits per heavy atom. The number of H-pyrrole nitrogens is 1. The maximum absolute atomic E-state index is 13.9. The van der Waals surface area contributed by atoms with Crippen molar-refractivity contribution >= 4 is 17.2 Å². The summed E-state index contributed by atoms with van der Waals surface area (Å²) in [6.45, 7) is 15.7. The van der Waals surface area contributed by atoms with Crippen molar-refractivity contribution in [1.82, 2.24) is 29.5 Å². The van der Waals surface area contributed by atoms with Crippen LogP contribution in [-0.2, 0) is 13.0 Å². The Kier molecular flexibility index (Phi) is 8.80. The summed E-state index contributed by atoms with van der Waals surface area (Å²) in [5.74, 6) is 0.275. The Balaban J connectivity index is 1.56. The summed E-state index contributed by atoms with van der Waals surface area (Å²) in [4.78, 5) is 38.9. The molecule has 1 saturated heterocycles. The highest BCUT2D eigenvalue weighted by Crippen LogP contribution is 2.34. The number of nitrogens with two attached hydrogens (primary N) is 1. The second kappa shape index (κ2) is 12.5. The van der Waals surface area contributed by atoms with E-state index in [4.69, 9.17) is 5.73 Å². The van der Waals surface area contributed by atoms with Crippen LogP contribution >= 0.6 is 0 Å². The van der Waals surface area contributed by atoms with Crippen molar-refractivity contribution in [3.05, 3.63) is 86.7 Å². The van der Waals surface area contributed by atoms with Gasteiger partial charge in [-0.25, -0.2) is 4.98 Å². The topological polar surface area (TPSA) is 112 Å². The monoisotopic (exact) mass is 569 g/mol. The highest BCUT2D eigenvalue weighted by Gasteiger charge is 2.27. The van der Waals surface area contributed by atoms with Gasteiger partial charge in [0.2, 0.25) is 0 Å². The molecule has 9 nitrogen and oxygen atoms in total. The van der Waals surface area contributed by atoms with Gasteiger partial charge in [-0.3, -0.25) is 14.5 Å². The standard InChI is InChI=1S/C33H43N7O2/c1-6-8-24-17-21(3)37-33(42)28(24)20-36-32(41)27-18-29-26(25-9-10-30(34)35-19-25)11-12-40(29)31(22(27)4)23(5)39-15-13-38(7-2)14-16-39/h9-12,17-19,23H,6-8,13-16,20H2,1-5H3,(H2,34,35)(H,36,41)(H,37,42). The molecule has 1 aliphatic heterocycles. The number of pyridine rings is 3. The fourth-order valence-electron chi connectivity index (χ4n) is 6.30. The number of aromatic amines is 1. The van der Waals surface area contributed by atoms with Crippen LogP contribution in [0.3, 0.4) is 0 Å². The zero-order chi connectivity index (χ0) is 30.0. The predicted molar refractivity (Wildman–Crippen MR) is 169 cm³/mol. The first kappa shape index (κ1) is 29.5. The van der Waals surface area contributed by atoms with Crippen LogP contribution in [0.15, 0.2) is 47.5 Å². The quantitative estimate of drug-likeness (QED) is 0.274. The normalized spacial score (nSPS) is 15.3. The van der Waals surface area contributed by atoms with Crippen molar-refractivity contribution in [2.45, 2.75) is 60.0 Å². The van der Waals surface area contributed by atoms with Crippen molar-refractivity contribution in [3.8, 4) is 11.1 Å². The smallest absolute Gasteiger partial charge is 0.253 e. The second-order valence-electron chi connectivity index (χ2n) is 11.4. The number of hydrogen-bond acceptors (Lipinski definition) is 6. The fourth-order valence-corrected chi connectivity index (χ4v) is 6.30. The molecule has 4 N–H and O–H groups in total. The molecule has 9 heteroatoms. The van der Waals surface area contributed by atoms with Crippen LogP contribution in [0.25, 0.3) is 16.6 Å². The summed E-state index contributed by atoms with van der Waals surface area (Å²) in [7, 11) is 0. The molecule has 5 rings (SSSR count). The molecule has 1 atom stereocenters. The van der Waals surface area contributed by atoms with Crippen LogP contribution in [0.2, 0.25) is 0 Å². The van der Waals surface area contributed by atoms with Gasteiger partial charge in [-0.2, -0.15) is 0 Å². The van der Waals surface area contributed by atoms with Crippen LogP contribution in [0.1, 0.15) is 71.7 Å². The molecule has 5 heterocycles. The van der Waals surface area contributed by atoms with Gasteiger partial charge in [-0.1, -0.05) is 20.3 Å². The molecule has 0 aliphatic carbocycles. The summed E-state index contributed by atoms with van der Waals surface area (Å²) < 4.78 is 2.22. The van der Waals surface area contributed by atoms with E-state index in [0.717, 1.165) is 84.7 Å². The number of amides is 1. The zero-order valence-corrected chi connectivity index (χ0v) is 25.5. The third kappa shape index (κ3) is 5.84. The number of nitrogens with one attached hydrogen (secondary N) is 2. The molecule has 222 valence electrons. The predicted octanol–water partition coefficient (Wildman–Crippen LogP) is 4.47. The third-order valence-corrected chi connectivity index (χ3v) is 8.70. The molecule has 42 heavy (non-hydrogen) atoms. The number of rotatable bonds is 9. The SMILES string of the molecule is CCCc1cc(C)[nH]c(=O)c1CNC(=O)c1cc2c(-c3ccc(N)nc3)ccn2c(C(C)N2CCN(CC)CC2)c1C. The second-order valence-corrected chi connectivity index (χ2v) is 11.4. The summed E-state index contributed by atoms with van der Waals surface area (Å²) >= 11 is 0. The van der Waals surface area contributed by atoms with E-state index in [0.29, 0.717) is 16.9 Å². The van der Waals surface area contributed by atoms with Gasteiger partial charge in [0.1, 0.15) is 5.82 Å². The summed E-state index contributed by atoms with van der Waals surface area (Å²) in [5.41, 5.74) is 13.7. The first-order chi connectivity index (χ1) is 20.2. The molecule has 0 aromatic carbocycles. The summed E-state index contributed by atoms with van der Waals surface area (Å²) in [6, 6.07) is 9.91. The average Bonchev–Trinajstić information content (AvgIpc) is 3.40. The number of aromatic nitrogens is 3. The van der Waals surface area contributed by atoms with E-state index in [1.807, 2.05) is 32.0 Å². The molecule has 4 aromatic heterocycles. The largest absolute Gasteiger partial charge is 0.384 e. The molecular formula is C33H43N7O2. The van der Waals surface area contributed by atoms with Gasteiger partial charge >= 0.3 is 0 Å². The number of piperazine rings is 1. The maximum Gasteiger partial charge on any atom is 0.253 e. The van der Waals surface area contributed by atoms with Gasteiger partial charge in [0.15, 0.2) is 0 Å². The molecule has 1 unspecified atom stereocenters. The molecule has 1 fully saturated rings. The number of nitrogen functional groups attached to an aromatic ring is 1. The Labute approximate surface area is 247 Å². The van der Waals surface area contributed by atoms with Gasteiger partial charge in [0.25, 0.3) is 11.5 Å². The van der Waals surface area contributed by atoms with Crippen LogP contribution in [-0.4, -0.2) is 62.8 Å². The maximum atomic E-state index is 13.9. The van der Waals surface area contributed by atoms with E-state index < -0.39 is 0 Å². The number of carbonyl (C=O) groups is 1. The third-order valence-electron chi connectivity index (χ3n) is 8.70. The van der Waals surface area contributed by atoms with E-state index >= 15 is 0 Å². The van der Waals surface area contributed by atoms with E-state index in [1.165, 1.54) is 0 Å². The lowest BCUT2D eigenvalue weighted by Crippen LogP contribution is -2.47. The fraction of sp³-hybridized carbons (Fsp3) is 0.424. The number of likely N-dealkylation sites (N-methyl/N-ethyl adjacent to an activating group) is 1. The van der Waals surface area contributed by atoms with Gasteiger partial charge < -0.3 is 25.3 Å². The van der Waals surface area contributed by atoms with Crippen molar-refractivity contribution in [2.75, 3.05) is 38.5 Å². The molecule has 0 bridgehead atoms. The summed E-state index contributed by atoms with van der Waals surface area (Å²) in [6.07, 6.45) is 5.57. The lowest BCUT2D eigenvalue weighted by atomic mass is 9.98. The van der Waals surface area contributed by atoms with E-state index in [-0.39, 0.29) is 24.1 Å².